The second-order valence-electron chi connectivity index (χ2n) is 4.82. The molecule has 0 spiro atoms. The van der Waals surface area contributed by atoms with E-state index in [0.29, 0.717) is 26.0 Å². The number of nitrogens with zero attached hydrogens (tertiary/aromatic N) is 1. The summed E-state index contributed by atoms with van der Waals surface area (Å²) >= 11 is 0. The highest BCUT2D eigenvalue weighted by Gasteiger charge is 2.13. The van der Waals surface area contributed by atoms with Crippen LogP contribution in [0.25, 0.3) is 0 Å². The average Bonchev–Trinajstić information content (AvgIpc) is 2.45. The number of rotatable bonds is 9. The Bertz CT molecular complexity index is 390. The van der Waals surface area contributed by atoms with E-state index >= 15 is 0 Å². The van der Waals surface area contributed by atoms with Crippen LogP contribution in [0.4, 0.5) is 0 Å². The third kappa shape index (κ3) is 8.67. The number of aliphatic hydroxyl groups excluding tert-OH is 1. The SMILES string of the molecule is CN(CC(O)COCc1ccccc1)C(=O)CCCN.Cl. The van der Waals surface area contributed by atoms with Crippen LogP contribution in [0.5, 0.6) is 0 Å². The fourth-order valence-electron chi connectivity index (χ4n) is 1.80. The van der Waals surface area contributed by atoms with Gasteiger partial charge in [-0.25, -0.2) is 0 Å². The number of benzene rings is 1. The Kier molecular flexibility index (Phi) is 10.9. The molecule has 0 aliphatic rings. The predicted octanol–water partition coefficient (Wildman–Crippen LogP) is 1.18. The third-order valence-electron chi connectivity index (χ3n) is 2.93. The van der Waals surface area contributed by atoms with Crippen molar-refractivity contribution < 1.29 is 14.6 Å². The van der Waals surface area contributed by atoms with Crippen LogP contribution in [-0.2, 0) is 16.1 Å². The van der Waals surface area contributed by atoms with E-state index in [1.165, 1.54) is 4.90 Å². The lowest BCUT2D eigenvalue weighted by Gasteiger charge is -2.20. The highest BCUT2D eigenvalue weighted by molar-refractivity contribution is 5.85. The molecule has 0 bridgehead atoms. The number of nitrogens with two attached hydrogens (primary N) is 1. The zero-order chi connectivity index (χ0) is 14.8. The standard InChI is InChI=1S/C15H24N2O3.ClH/c1-17(15(19)8-5-9-16)10-14(18)12-20-11-13-6-3-2-4-7-13;/h2-4,6-7,14,18H,5,8-12,16H2,1H3;1H. The lowest BCUT2D eigenvalue weighted by molar-refractivity contribution is -0.131. The van der Waals surface area contributed by atoms with Crippen LogP contribution in [0, 0.1) is 0 Å². The van der Waals surface area contributed by atoms with Gasteiger partial charge in [0, 0.05) is 20.0 Å². The van der Waals surface area contributed by atoms with E-state index < -0.39 is 6.10 Å². The molecular formula is C15H25ClN2O3. The van der Waals surface area contributed by atoms with Gasteiger partial charge in [-0.05, 0) is 18.5 Å². The Morgan fingerprint density at radius 1 is 1.38 bits per heavy atom. The van der Waals surface area contributed by atoms with Crippen LogP contribution in [0.2, 0.25) is 0 Å². The molecule has 5 nitrogen and oxygen atoms in total. The van der Waals surface area contributed by atoms with Crippen molar-refractivity contribution in [2.75, 3.05) is 26.7 Å². The van der Waals surface area contributed by atoms with E-state index in [4.69, 9.17) is 10.5 Å². The molecule has 6 heteroatoms. The molecule has 0 saturated carbocycles. The van der Waals surface area contributed by atoms with E-state index in [9.17, 15) is 9.90 Å². The number of halogens is 1. The minimum absolute atomic E-state index is 0. The van der Waals surface area contributed by atoms with Gasteiger partial charge in [0.15, 0.2) is 0 Å². The lowest BCUT2D eigenvalue weighted by Crippen LogP contribution is -2.36. The highest BCUT2D eigenvalue weighted by atomic mass is 35.5. The van der Waals surface area contributed by atoms with Crippen LogP contribution >= 0.6 is 12.4 Å². The maximum absolute atomic E-state index is 11.7. The Labute approximate surface area is 132 Å². The van der Waals surface area contributed by atoms with Crippen molar-refractivity contribution in [2.45, 2.75) is 25.6 Å². The van der Waals surface area contributed by atoms with Gasteiger partial charge in [-0.1, -0.05) is 30.3 Å². The predicted molar refractivity (Wildman–Crippen MR) is 85.3 cm³/mol. The second kappa shape index (κ2) is 11.5. The van der Waals surface area contributed by atoms with Crippen molar-refractivity contribution in [2.24, 2.45) is 5.73 Å². The molecule has 1 rings (SSSR count). The molecule has 0 radical (unpaired) electrons. The Morgan fingerprint density at radius 2 is 2.05 bits per heavy atom. The summed E-state index contributed by atoms with van der Waals surface area (Å²) in [5.74, 6) is -0.00226. The largest absolute Gasteiger partial charge is 0.389 e. The van der Waals surface area contributed by atoms with Crippen molar-refractivity contribution >= 4 is 18.3 Å². The molecule has 0 heterocycles. The molecule has 21 heavy (non-hydrogen) atoms. The molecular weight excluding hydrogens is 292 g/mol. The molecule has 1 amide bonds. The Hall–Kier alpha value is -1.14. The summed E-state index contributed by atoms with van der Waals surface area (Å²) in [4.78, 5) is 13.2. The second-order valence-corrected chi connectivity index (χ2v) is 4.82. The van der Waals surface area contributed by atoms with Crippen molar-refractivity contribution in [3.63, 3.8) is 0 Å². The van der Waals surface area contributed by atoms with Gasteiger partial charge in [-0.2, -0.15) is 0 Å². The highest BCUT2D eigenvalue weighted by Crippen LogP contribution is 2.02. The summed E-state index contributed by atoms with van der Waals surface area (Å²) in [6, 6.07) is 9.77. The minimum atomic E-state index is -0.675. The number of aliphatic hydroxyl groups is 1. The van der Waals surface area contributed by atoms with Crippen LogP contribution in [-0.4, -0.2) is 48.8 Å². The van der Waals surface area contributed by atoms with E-state index in [1.807, 2.05) is 30.3 Å². The van der Waals surface area contributed by atoms with Crippen LogP contribution in [0.3, 0.4) is 0 Å². The first-order valence-electron chi connectivity index (χ1n) is 6.87. The van der Waals surface area contributed by atoms with Gasteiger partial charge in [0.25, 0.3) is 0 Å². The van der Waals surface area contributed by atoms with E-state index in [0.717, 1.165) is 5.56 Å². The zero-order valence-corrected chi connectivity index (χ0v) is 13.2. The van der Waals surface area contributed by atoms with Gasteiger partial charge in [-0.3, -0.25) is 4.79 Å². The molecule has 3 N–H and O–H groups in total. The minimum Gasteiger partial charge on any atom is -0.389 e. The molecule has 1 atom stereocenters. The molecule has 0 aromatic heterocycles. The number of carbonyl (C=O) groups excluding carboxylic acids is 1. The van der Waals surface area contributed by atoms with Crippen LogP contribution in [0.15, 0.2) is 30.3 Å². The fraction of sp³-hybridized carbons (Fsp3) is 0.533. The number of carbonyl (C=O) groups is 1. The number of amides is 1. The number of hydrogen-bond donors (Lipinski definition) is 2. The van der Waals surface area contributed by atoms with Gasteiger partial charge >= 0.3 is 0 Å². The quantitative estimate of drug-likeness (QED) is 0.717. The molecule has 1 aromatic rings. The monoisotopic (exact) mass is 316 g/mol. The van der Waals surface area contributed by atoms with Crippen LogP contribution in [0.1, 0.15) is 18.4 Å². The van der Waals surface area contributed by atoms with E-state index in [-0.39, 0.29) is 31.5 Å². The number of ether oxygens (including phenoxy) is 1. The summed E-state index contributed by atoms with van der Waals surface area (Å²) in [7, 11) is 1.68. The lowest BCUT2D eigenvalue weighted by atomic mass is 10.2. The molecule has 120 valence electrons. The first kappa shape index (κ1) is 19.9. The van der Waals surface area contributed by atoms with Crippen molar-refractivity contribution in [3.8, 4) is 0 Å². The molecule has 1 aromatic carbocycles. The van der Waals surface area contributed by atoms with Crippen LogP contribution < -0.4 is 5.73 Å². The van der Waals surface area contributed by atoms with Gasteiger partial charge in [-0.15, -0.1) is 12.4 Å². The fourth-order valence-corrected chi connectivity index (χ4v) is 1.80. The molecule has 1 unspecified atom stereocenters. The van der Waals surface area contributed by atoms with Gasteiger partial charge in [0.1, 0.15) is 0 Å². The van der Waals surface area contributed by atoms with E-state index in [2.05, 4.69) is 0 Å². The first-order valence-corrected chi connectivity index (χ1v) is 6.87. The average molecular weight is 317 g/mol. The van der Waals surface area contributed by atoms with E-state index in [1.54, 1.807) is 7.05 Å². The van der Waals surface area contributed by atoms with Gasteiger partial charge in [0.05, 0.1) is 19.3 Å². The summed E-state index contributed by atoms with van der Waals surface area (Å²) in [6.07, 6.45) is 0.416. The number of hydrogen-bond acceptors (Lipinski definition) is 4. The first-order chi connectivity index (χ1) is 9.63. The Balaban J connectivity index is 0.00000400. The van der Waals surface area contributed by atoms with Crippen molar-refractivity contribution in [3.05, 3.63) is 35.9 Å². The third-order valence-corrected chi connectivity index (χ3v) is 2.93. The normalized spacial score (nSPS) is 11.6. The van der Waals surface area contributed by atoms with Gasteiger partial charge in [0.2, 0.25) is 5.91 Å². The summed E-state index contributed by atoms with van der Waals surface area (Å²) in [6.45, 7) is 1.45. The molecule has 0 fully saturated rings. The maximum atomic E-state index is 11.7. The van der Waals surface area contributed by atoms with Gasteiger partial charge < -0.3 is 20.5 Å². The maximum Gasteiger partial charge on any atom is 0.222 e. The molecule has 0 aliphatic carbocycles. The summed E-state index contributed by atoms with van der Waals surface area (Å²) < 4.78 is 5.44. The Morgan fingerprint density at radius 3 is 2.67 bits per heavy atom. The summed E-state index contributed by atoms with van der Waals surface area (Å²) in [5, 5.41) is 9.83. The topological polar surface area (TPSA) is 75.8 Å². The molecule has 0 aliphatic heterocycles. The van der Waals surface area contributed by atoms with Crippen molar-refractivity contribution in [1.82, 2.24) is 4.90 Å². The van der Waals surface area contributed by atoms with Crippen molar-refractivity contribution in [1.29, 1.82) is 0 Å². The smallest absolute Gasteiger partial charge is 0.222 e. The summed E-state index contributed by atoms with van der Waals surface area (Å²) in [5.41, 5.74) is 6.42. The zero-order valence-electron chi connectivity index (χ0n) is 12.4. The number of likely N-dealkylation sites (N-methyl/N-ethyl adjacent to an activating group) is 1. The molecule has 0 saturated heterocycles.